The second-order valence-corrected chi connectivity index (χ2v) is 11.2. The third kappa shape index (κ3) is 5.01. The molecule has 0 unspecified atom stereocenters. The van der Waals surface area contributed by atoms with Crippen molar-refractivity contribution in [1.29, 1.82) is 0 Å². The van der Waals surface area contributed by atoms with E-state index in [1.807, 2.05) is 6.07 Å². The number of aromatic nitrogens is 1. The number of fused-ring (bicyclic) bond motifs is 3. The van der Waals surface area contributed by atoms with Crippen molar-refractivity contribution in [1.82, 2.24) is 4.57 Å². The Kier molecular flexibility index (Phi) is 6.82. The topological polar surface area (TPSA) is 20.2 Å². The Bertz CT molecular complexity index is 2170. The first-order chi connectivity index (χ1) is 22.3. The van der Waals surface area contributed by atoms with Crippen LogP contribution in [0.1, 0.15) is 0 Å². The van der Waals surface area contributed by atoms with Crippen molar-refractivity contribution in [3.63, 3.8) is 0 Å². The molecule has 0 bridgehead atoms. The van der Waals surface area contributed by atoms with Crippen molar-refractivity contribution < 1.29 is 0 Å². The summed E-state index contributed by atoms with van der Waals surface area (Å²) in [6, 6.07) is 64.4. The van der Waals surface area contributed by atoms with Crippen LogP contribution in [0.3, 0.4) is 0 Å². The van der Waals surface area contributed by atoms with Gasteiger partial charge in [-0.15, -0.1) is 0 Å². The number of para-hydroxylation sites is 5. The zero-order chi connectivity index (χ0) is 30.0. The molecular formula is C42H31N3. The van der Waals surface area contributed by atoms with Gasteiger partial charge < -0.3 is 14.8 Å². The van der Waals surface area contributed by atoms with Gasteiger partial charge in [0.1, 0.15) is 0 Å². The number of nitrogens with one attached hydrogen (secondary N) is 1. The first-order valence-electron chi connectivity index (χ1n) is 15.3. The van der Waals surface area contributed by atoms with Crippen molar-refractivity contribution in [2.24, 2.45) is 0 Å². The van der Waals surface area contributed by atoms with E-state index in [-0.39, 0.29) is 0 Å². The number of benzene rings is 7. The van der Waals surface area contributed by atoms with Crippen LogP contribution in [-0.2, 0) is 0 Å². The lowest BCUT2D eigenvalue weighted by atomic mass is 10.00. The van der Waals surface area contributed by atoms with Crippen LogP contribution in [0.5, 0.6) is 0 Å². The summed E-state index contributed by atoms with van der Waals surface area (Å²) < 4.78 is 2.40. The van der Waals surface area contributed by atoms with Gasteiger partial charge in [-0.25, -0.2) is 0 Å². The molecule has 3 heteroatoms. The molecule has 8 aromatic rings. The van der Waals surface area contributed by atoms with Gasteiger partial charge in [0.15, 0.2) is 0 Å². The van der Waals surface area contributed by atoms with Crippen LogP contribution in [0.15, 0.2) is 182 Å². The summed E-state index contributed by atoms with van der Waals surface area (Å²) in [6.07, 6.45) is 0. The van der Waals surface area contributed by atoms with Crippen molar-refractivity contribution in [2.75, 3.05) is 10.2 Å². The molecule has 0 saturated carbocycles. The molecule has 0 fully saturated rings. The minimum Gasteiger partial charge on any atom is -0.355 e. The van der Waals surface area contributed by atoms with Gasteiger partial charge in [-0.3, -0.25) is 0 Å². The number of rotatable bonds is 7. The molecule has 8 rings (SSSR count). The van der Waals surface area contributed by atoms with Crippen molar-refractivity contribution >= 4 is 50.2 Å². The standard InChI is InChI=1S/C42H31N3/c1-5-15-32(16-6-1)43-33-29-39(42-40(30-33)38-23-13-14-24-41(38)45(42)36-21-11-4-12-22-36)31-25-27-37(28-26-31)44(34-17-7-2-8-18-34)35-19-9-3-10-20-35/h1-30,43H. The lowest BCUT2D eigenvalue weighted by molar-refractivity contribution is 1.18. The first kappa shape index (κ1) is 26.6. The minimum atomic E-state index is 1.05. The van der Waals surface area contributed by atoms with E-state index >= 15 is 0 Å². The van der Waals surface area contributed by atoms with Gasteiger partial charge in [0, 0.05) is 50.5 Å². The van der Waals surface area contributed by atoms with E-state index in [0.717, 1.165) is 39.7 Å². The van der Waals surface area contributed by atoms with Gasteiger partial charge in [0.25, 0.3) is 0 Å². The molecule has 214 valence electrons. The number of hydrogen-bond acceptors (Lipinski definition) is 2. The summed E-state index contributed by atoms with van der Waals surface area (Å²) in [7, 11) is 0. The highest BCUT2D eigenvalue weighted by Gasteiger charge is 2.19. The van der Waals surface area contributed by atoms with E-state index in [9.17, 15) is 0 Å². The molecule has 0 atom stereocenters. The van der Waals surface area contributed by atoms with Crippen molar-refractivity contribution in [3.8, 4) is 16.8 Å². The molecule has 0 radical (unpaired) electrons. The number of hydrogen-bond donors (Lipinski definition) is 1. The average Bonchev–Trinajstić information content (AvgIpc) is 3.44. The minimum absolute atomic E-state index is 1.05. The van der Waals surface area contributed by atoms with E-state index in [1.54, 1.807) is 0 Å². The molecule has 0 aliphatic heterocycles. The van der Waals surface area contributed by atoms with E-state index < -0.39 is 0 Å². The predicted molar refractivity (Wildman–Crippen MR) is 191 cm³/mol. The molecule has 0 saturated heterocycles. The van der Waals surface area contributed by atoms with E-state index in [0.29, 0.717) is 0 Å². The molecule has 1 aromatic heterocycles. The van der Waals surface area contributed by atoms with Crippen LogP contribution < -0.4 is 10.2 Å². The molecule has 1 heterocycles. The van der Waals surface area contributed by atoms with Gasteiger partial charge in [0.2, 0.25) is 0 Å². The Labute approximate surface area is 263 Å². The molecule has 0 aliphatic carbocycles. The van der Waals surface area contributed by atoms with E-state index in [1.165, 1.54) is 27.4 Å². The summed E-state index contributed by atoms with van der Waals surface area (Å²) >= 11 is 0. The molecule has 3 nitrogen and oxygen atoms in total. The summed E-state index contributed by atoms with van der Waals surface area (Å²) in [5, 5.41) is 6.11. The fourth-order valence-electron chi connectivity index (χ4n) is 6.31. The molecule has 0 aliphatic rings. The lowest BCUT2D eigenvalue weighted by Crippen LogP contribution is -2.09. The monoisotopic (exact) mass is 577 g/mol. The van der Waals surface area contributed by atoms with Crippen LogP contribution in [0, 0.1) is 0 Å². The summed E-state index contributed by atoms with van der Waals surface area (Å²) in [6.45, 7) is 0. The Hall–Kier alpha value is -6.06. The fraction of sp³-hybridized carbons (Fsp3) is 0. The normalized spacial score (nSPS) is 11.1. The van der Waals surface area contributed by atoms with Crippen molar-refractivity contribution in [2.45, 2.75) is 0 Å². The van der Waals surface area contributed by atoms with Gasteiger partial charge in [-0.2, -0.15) is 0 Å². The quantitative estimate of drug-likeness (QED) is 0.203. The highest BCUT2D eigenvalue weighted by molar-refractivity contribution is 6.15. The third-order valence-electron chi connectivity index (χ3n) is 8.31. The zero-order valence-corrected chi connectivity index (χ0v) is 24.7. The first-order valence-corrected chi connectivity index (χ1v) is 15.3. The predicted octanol–water partition coefficient (Wildman–Crippen LogP) is 11.7. The summed E-state index contributed by atoms with van der Waals surface area (Å²) in [4.78, 5) is 2.30. The molecular weight excluding hydrogens is 546 g/mol. The Morgan fingerprint density at radius 1 is 0.422 bits per heavy atom. The Morgan fingerprint density at radius 3 is 1.60 bits per heavy atom. The number of nitrogens with zero attached hydrogens (tertiary/aromatic N) is 2. The molecule has 0 spiro atoms. The van der Waals surface area contributed by atoms with Crippen LogP contribution >= 0.6 is 0 Å². The SMILES string of the molecule is c1ccc(Nc2cc(-c3ccc(N(c4ccccc4)c4ccccc4)cc3)c3c(c2)c2ccccc2n3-c2ccccc2)cc1. The van der Waals surface area contributed by atoms with Crippen LogP contribution in [0.2, 0.25) is 0 Å². The van der Waals surface area contributed by atoms with Crippen LogP contribution in [0.25, 0.3) is 38.6 Å². The second-order valence-electron chi connectivity index (χ2n) is 11.2. The molecule has 45 heavy (non-hydrogen) atoms. The summed E-state index contributed by atoms with van der Waals surface area (Å²) in [5.41, 5.74) is 11.3. The fourth-order valence-corrected chi connectivity index (χ4v) is 6.31. The van der Waals surface area contributed by atoms with E-state index in [4.69, 9.17) is 0 Å². The zero-order valence-electron chi connectivity index (χ0n) is 24.7. The molecule has 7 aromatic carbocycles. The van der Waals surface area contributed by atoms with Crippen LogP contribution in [-0.4, -0.2) is 4.57 Å². The maximum atomic E-state index is 3.68. The Morgan fingerprint density at radius 2 is 0.956 bits per heavy atom. The van der Waals surface area contributed by atoms with Gasteiger partial charge in [0.05, 0.1) is 11.0 Å². The summed E-state index contributed by atoms with van der Waals surface area (Å²) in [5.74, 6) is 0. The average molecular weight is 578 g/mol. The second kappa shape index (κ2) is 11.6. The maximum Gasteiger partial charge on any atom is 0.0620 e. The highest BCUT2D eigenvalue weighted by Crippen LogP contribution is 2.42. The van der Waals surface area contributed by atoms with Crippen molar-refractivity contribution in [3.05, 3.63) is 182 Å². The van der Waals surface area contributed by atoms with Gasteiger partial charge in [-0.1, -0.05) is 103 Å². The Balaban J connectivity index is 1.34. The van der Waals surface area contributed by atoms with E-state index in [2.05, 4.69) is 191 Å². The van der Waals surface area contributed by atoms with Crippen LogP contribution in [0.4, 0.5) is 28.4 Å². The smallest absolute Gasteiger partial charge is 0.0620 e. The van der Waals surface area contributed by atoms with Gasteiger partial charge >= 0.3 is 0 Å². The largest absolute Gasteiger partial charge is 0.355 e. The third-order valence-corrected chi connectivity index (χ3v) is 8.31. The maximum absolute atomic E-state index is 3.68. The highest BCUT2D eigenvalue weighted by atomic mass is 15.1. The molecule has 0 amide bonds. The molecule has 1 N–H and O–H groups in total. The van der Waals surface area contributed by atoms with Gasteiger partial charge in [-0.05, 0) is 84.4 Å². The number of anilines is 5. The lowest BCUT2D eigenvalue weighted by Gasteiger charge is -2.25.